The lowest BCUT2D eigenvalue weighted by atomic mass is 10.1. The summed E-state index contributed by atoms with van der Waals surface area (Å²) in [6.07, 6.45) is -2.72. The van der Waals surface area contributed by atoms with E-state index in [2.05, 4.69) is 12.1 Å². The van der Waals surface area contributed by atoms with Gasteiger partial charge in [-0.05, 0) is 10.6 Å². The normalized spacial score (nSPS) is 48.8. The number of aliphatic hydroxyl groups excluding tert-OH is 4. The van der Waals surface area contributed by atoms with Crippen LogP contribution in [-0.2, 0) is 0 Å². The van der Waals surface area contributed by atoms with Gasteiger partial charge in [-0.2, -0.15) is 0 Å². The van der Waals surface area contributed by atoms with Crippen LogP contribution in [0.5, 0.6) is 0 Å². The molecule has 2 aliphatic heterocycles. The van der Waals surface area contributed by atoms with Crippen molar-refractivity contribution >= 4 is 26.5 Å². The zero-order chi connectivity index (χ0) is 17.8. The Morgan fingerprint density at radius 3 is 1.08 bits per heavy atom. The molecule has 0 saturated carbocycles. The van der Waals surface area contributed by atoms with Crippen LogP contribution in [-0.4, -0.2) is 67.5 Å². The minimum absolute atomic E-state index is 0.0456. The standard InChI is InChI=1S/C18H28O4P2/c1-9-15(19)16(20)10(2)23(9)13-7-5-6-8-14(13)24-11(3)17(21)18(22)12(24)4/h5-12,15-22H,1-4H3. The van der Waals surface area contributed by atoms with Gasteiger partial charge in [0, 0.05) is 22.6 Å². The molecule has 8 unspecified atom stereocenters. The van der Waals surface area contributed by atoms with Crippen LogP contribution in [0.2, 0.25) is 0 Å². The van der Waals surface area contributed by atoms with Crippen molar-refractivity contribution in [1.29, 1.82) is 0 Å². The molecular formula is C18H28O4P2. The first kappa shape index (κ1) is 18.7. The third kappa shape index (κ3) is 2.76. The average molecular weight is 370 g/mol. The molecule has 2 heterocycles. The summed E-state index contributed by atoms with van der Waals surface area (Å²) in [5, 5.41) is 43.7. The predicted molar refractivity (Wildman–Crippen MR) is 101 cm³/mol. The highest BCUT2D eigenvalue weighted by atomic mass is 31.1. The molecule has 3 rings (SSSR count). The van der Waals surface area contributed by atoms with Gasteiger partial charge in [0.05, 0.1) is 24.4 Å². The largest absolute Gasteiger partial charge is 0.390 e. The van der Waals surface area contributed by atoms with Gasteiger partial charge in [0.1, 0.15) is 0 Å². The summed E-state index contributed by atoms with van der Waals surface area (Å²) in [6, 6.07) is 8.28. The van der Waals surface area contributed by atoms with Gasteiger partial charge in [0.15, 0.2) is 0 Å². The van der Waals surface area contributed by atoms with Crippen LogP contribution in [0.1, 0.15) is 27.7 Å². The van der Waals surface area contributed by atoms with Gasteiger partial charge >= 0.3 is 0 Å². The van der Waals surface area contributed by atoms with E-state index in [0.717, 1.165) is 0 Å². The minimum atomic E-state index is -0.692. The average Bonchev–Trinajstić information content (AvgIpc) is 2.88. The van der Waals surface area contributed by atoms with Crippen molar-refractivity contribution in [3.8, 4) is 0 Å². The molecule has 0 radical (unpaired) electrons. The molecule has 0 bridgehead atoms. The van der Waals surface area contributed by atoms with E-state index in [0.29, 0.717) is 0 Å². The van der Waals surface area contributed by atoms with Crippen LogP contribution in [0.25, 0.3) is 0 Å². The summed E-state index contributed by atoms with van der Waals surface area (Å²) in [6.45, 7) is 8.10. The molecule has 0 amide bonds. The first-order valence-electron chi connectivity index (χ1n) is 8.65. The fourth-order valence-corrected chi connectivity index (χ4v) is 11.5. The van der Waals surface area contributed by atoms with Crippen LogP contribution in [0, 0.1) is 0 Å². The van der Waals surface area contributed by atoms with Crippen molar-refractivity contribution in [2.75, 3.05) is 0 Å². The van der Waals surface area contributed by atoms with Crippen LogP contribution < -0.4 is 10.6 Å². The van der Waals surface area contributed by atoms with Crippen molar-refractivity contribution in [1.82, 2.24) is 0 Å². The van der Waals surface area contributed by atoms with Crippen molar-refractivity contribution in [2.24, 2.45) is 0 Å². The van der Waals surface area contributed by atoms with E-state index < -0.39 is 40.3 Å². The molecule has 2 aliphatic rings. The Morgan fingerprint density at radius 2 is 0.833 bits per heavy atom. The van der Waals surface area contributed by atoms with Crippen molar-refractivity contribution in [3.63, 3.8) is 0 Å². The lowest BCUT2D eigenvalue weighted by molar-refractivity contribution is 0.0327. The molecule has 8 atom stereocenters. The van der Waals surface area contributed by atoms with Gasteiger partial charge in [-0.25, -0.2) is 0 Å². The lowest BCUT2D eigenvalue weighted by Gasteiger charge is -2.30. The number of rotatable bonds is 2. The molecule has 2 saturated heterocycles. The molecule has 134 valence electrons. The maximum atomic E-state index is 10.3. The Morgan fingerprint density at radius 1 is 0.583 bits per heavy atom. The highest BCUT2D eigenvalue weighted by molar-refractivity contribution is 7.73. The van der Waals surface area contributed by atoms with E-state index in [-0.39, 0.29) is 22.6 Å². The number of hydrogen-bond donors (Lipinski definition) is 4. The molecule has 4 N–H and O–H groups in total. The van der Waals surface area contributed by atoms with E-state index in [9.17, 15) is 20.4 Å². The number of benzene rings is 1. The molecule has 2 fully saturated rings. The molecule has 0 aromatic heterocycles. The summed E-state index contributed by atoms with van der Waals surface area (Å²) in [5.74, 6) is 0. The minimum Gasteiger partial charge on any atom is -0.390 e. The second kappa shape index (κ2) is 6.91. The molecule has 0 spiro atoms. The fourth-order valence-electron chi connectivity index (χ4n) is 4.32. The van der Waals surface area contributed by atoms with Crippen molar-refractivity contribution < 1.29 is 20.4 Å². The summed E-state index contributed by atoms with van der Waals surface area (Å²) in [5.41, 5.74) is 0.182. The van der Waals surface area contributed by atoms with Crippen LogP contribution in [0.15, 0.2) is 24.3 Å². The third-order valence-corrected chi connectivity index (χ3v) is 12.7. The zero-order valence-electron chi connectivity index (χ0n) is 14.6. The van der Waals surface area contributed by atoms with Gasteiger partial charge in [0.2, 0.25) is 0 Å². The maximum absolute atomic E-state index is 10.3. The van der Waals surface area contributed by atoms with Gasteiger partial charge in [-0.15, -0.1) is 0 Å². The molecule has 6 heteroatoms. The van der Waals surface area contributed by atoms with Crippen LogP contribution in [0.3, 0.4) is 0 Å². The zero-order valence-corrected chi connectivity index (χ0v) is 16.4. The summed E-state index contributed by atoms with van der Waals surface area (Å²) < 4.78 is 0. The number of aliphatic hydroxyl groups is 4. The van der Waals surface area contributed by atoms with Crippen LogP contribution >= 0.6 is 15.8 Å². The van der Waals surface area contributed by atoms with E-state index in [4.69, 9.17) is 0 Å². The Kier molecular flexibility index (Phi) is 5.39. The number of hydrogen-bond acceptors (Lipinski definition) is 4. The molecule has 24 heavy (non-hydrogen) atoms. The second-order valence-corrected chi connectivity index (χ2v) is 13.1. The van der Waals surface area contributed by atoms with Crippen LogP contribution in [0.4, 0.5) is 0 Å². The molecule has 4 nitrogen and oxygen atoms in total. The highest BCUT2D eigenvalue weighted by Crippen LogP contribution is 2.59. The monoisotopic (exact) mass is 370 g/mol. The quantitative estimate of drug-likeness (QED) is 0.584. The van der Waals surface area contributed by atoms with Crippen molar-refractivity contribution in [2.45, 2.75) is 74.7 Å². The second-order valence-electron chi connectivity index (χ2n) is 7.23. The smallest absolute Gasteiger partial charge is 0.0872 e. The summed E-state index contributed by atoms with van der Waals surface area (Å²) in [7, 11) is -1.38. The molecular weight excluding hydrogens is 342 g/mol. The highest BCUT2D eigenvalue weighted by Gasteiger charge is 2.49. The van der Waals surface area contributed by atoms with Gasteiger partial charge < -0.3 is 20.4 Å². The fraction of sp³-hybridized carbons (Fsp3) is 0.667. The van der Waals surface area contributed by atoms with E-state index in [1.165, 1.54) is 10.6 Å². The summed E-state index contributed by atoms with van der Waals surface area (Å²) in [4.78, 5) is 0. The van der Waals surface area contributed by atoms with Gasteiger partial charge in [-0.3, -0.25) is 0 Å². The summed E-state index contributed by atoms with van der Waals surface area (Å²) >= 11 is 0. The first-order chi connectivity index (χ1) is 11.3. The molecule has 1 aromatic carbocycles. The molecule has 1 aromatic rings. The SMILES string of the molecule is CC1C(O)C(O)C(C)P1c1ccccc1P1C(C)C(O)C(O)C1C. The Hall–Kier alpha value is -0.0800. The van der Waals surface area contributed by atoms with Crippen molar-refractivity contribution in [3.05, 3.63) is 24.3 Å². The van der Waals surface area contributed by atoms with E-state index in [1.807, 2.05) is 39.8 Å². The topological polar surface area (TPSA) is 80.9 Å². The third-order valence-electron chi connectivity index (χ3n) is 5.87. The van der Waals surface area contributed by atoms with Gasteiger partial charge in [0.25, 0.3) is 0 Å². The van der Waals surface area contributed by atoms with E-state index >= 15 is 0 Å². The molecule has 0 aliphatic carbocycles. The van der Waals surface area contributed by atoms with Gasteiger partial charge in [-0.1, -0.05) is 67.8 Å². The Bertz CT molecular complexity index is 519. The Balaban J connectivity index is 2.04. The maximum Gasteiger partial charge on any atom is 0.0872 e. The predicted octanol–water partition coefficient (Wildman–Crippen LogP) is 0.926. The van der Waals surface area contributed by atoms with E-state index in [1.54, 1.807) is 0 Å². The first-order valence-corrected chi connectivity index (χ1v) is 11.6. The Labute approximate surface area is 146 Å². The lowest BCUT2D eigenvalue weighted by Crippen LogP contribution is -2.30.